The molecule has 0 amide bonds. The molecule has 0 radical (unpaired) electrons. The van der Waals surface area contributed by atoms with Gasteiger partial charge in [0, 0.05) is 36.3 Å². The van der Waals surface area contributed by atoms with Gasteiger partial charge in [-0.25, -0.2) is 0 Å². The number of phenolic OH excluding ortho intramolecular Hbond substituents is 1. The highest BCUT2D eigenvalue weighted by atomic mass is 35.5. The van der Waals surface area contributed by atoms with Crippen molar-refractivity contribution in [3.63, 3.8) is 0 Å². The molecule has 0 aliphatic carbocycles. The zero-order valence-corrected chi connectivity index (χ0v) is 12.6. The quantitative estimate of drug-likeness (QED) is 0.451. The molecule has 0 aliphatic heterocycles. The van der Waals surface area contributed by atoms with Crippen LogP contribution in [0.2, 0.25) is 5.02 Å². The Labute approximate surface area is 131 Å². The Morgan fingerprint density at radius 1 is 0.810 bits per heavy atom. The molecule has 4 rings (SSSR count). The summed E-state index contributed by atoms with van der Waals surface area (Å²) in [5, 5.41) is 13.1. The van der Waals surface area contributed by atoms with Crippen LogP contribution in [-0.2, 0) is 0 Å². The third kappa shape index (κ3) is 1.91. The fourth-order valence-electron chi connectivity index (χ4n) is 2.70. The Balaban J connectivity index is 2.17. The molecule has 102 valence electrons. The molecular weight excluding hydrogens is 300 g/mol. The van der Waals surface area contributed by atoms with Crippen LogP contribution in [0.15, 0.2) is 60.7 Å². The maximum atomic E-state index is 10.1. The van der Waals surface area contributed by atoms with E-state index in [2.05, 4.69) is 12.1 Å². The van der Waals surface area contributed by atoms with Gasteiger partial charge in [-0.2, -0.15) is 0 Å². The summed E-state index contributed by atoms with van der Waals surface area (Å²) in [5.74, 6) is 0.290. The maximum Gasteiger partial charge on any atom is 0.123 e. The minimum atomic E-state index is 0.290. The van der Waals surface area contributed by atoms with Gasteiger partial charge in [0.15, 0.2) is 0 Å². The van der Waals surface area contributed by atoms with Crippen LogP contribution in [0.1, 0.15) is 0 Å². The highest BCUT2D eigenvalue weighted by molar-refractivity contribution is 7.26. The highest BCUT2D eigenvalue weighted by Gasteiger charge is 2.14. The Morgan fingerprint density at radius 3 is 2.43 bits per heavy atom. The summed E-state index contributed by atoms with van der Waals surface area (Å²) in [4.78, 5) is 0. The van der Waals surface area contributed by atoms with Crippen molar-refractivity contribution in [2.24, 2.45) is 0 Å². The van der Waals surface area contributed by atoms with E-state index in [1.807, 2.05) is 42.5 Å². The first-order valence-electron chi connectivity index (χ1n) is 6.64. The fraction of sp³-hybridized carbons (Fsp3) is 0. The van der Waals surface area contributed by atoms with Crippen molar-refractivity contribution in [1.82, 2.24) is 0 Å². The zero-order chi connectivity index (χ0) is 14.4. The molecule has 0 bridgehead atoms. The van der Waals surface area contributed by atoms with E-state index in [1.54, 1.807) is 17.4 Å². The number of rotatable bonds is 1. The van der Waals surface area contributed by atoms with E-state index in [-0.39, 0.29) is 0 Å². The molecule has 0 saturated carbocycles. The standard InChI is InChI=1S/C18H11ClOS/c19-14-10-9-12(11-5-1-3-7-15(11)20)18-17(14)13-6-2-4-8-16(13)21-18/h1-10,20H. The van der Waals surface area contributed by atoms with Gasteiger partial charge < -0.3 is 5.11 Å². The van der Waals surface area contributed by atoms with Crippen molar-refractivity contribution in [3.8, 4) is 16.9 Å². The summed E-state index contributed by atoms with van der Waals surface area (Å²) in [6.45, 7) is 0. The number of phenols is 1. The van der Waals surface area contributed by atoms with Crippen molar-refractivity contribution in [2.45, 2.75) is 0 Å². The summed E-state index contributed by atoms with van der Waals surface area (Å²) in [5.41, 5.74) is 1.86. The lowest BCUT2D eigenvalue weighted by Gasteiger charge is -2.07. The van der Waals surface area contributed by atoms with E-state index in [9.17, 15) is 5.11 Å². The van der Waals surface area contributed by atoms with Gasteiger partial charge in [-0.1, -0.05) is 54.1 Å². The molecule has 3 heteroatoms. The molecule has 0 fully saturated rings. The molecule has 4 aromatic rings. The molecule has 1 aromatic heterocycles. The molecule has 1 heterocycles. The average Bonchev–Trinajstić information content (AvgIpc) is 2.89. The molecule has 1 nitrogen and oxygen atoms in total. The fourth-order valence-corrected chi connectivity index (χ4v) is 4.27. The number of fused-ring (bicyclic) bond motifs is 3. The molecule has 0 spiro atoms. The van der Waals surface area contributed by atoms with Crippen molar-refractivity contribution in [3.05, 3.63) is 65.7 Å². The van der Waals surface area contributed by atoms with Crippen LogP contribution < -0.4 is 0 Å². The van der Waals surface area contributed by atoms with Gasteiger partial charge >= 0.3 is 0 Å². The number of benzene rings is 3. The molecular formula is C18H11ClOS. The molecule has 1 N–H and O–H groups in total. The summed E-state index contributed by atoms with van der Waals surface area (Å²) in [6, 6.07) is 19.5. The first kappa shape index (κ1) is 12.7. The summed E-state index contributed by atoms with van der Waals surface area (Å²) in [7, 11) is 0. The number of hydrogen-bond donors (Lipinski definition) is 1. The molecule has 0 unspecified atom stereocenters. The van der Waals surface area contributed by atoms with Gasteiger partial charge in [0.2, 0.25) is 0 Å². The Kier molecular flexibility index (Phi) is 2.88. The van der Waals surface area contributed by atoms with Crippen LogP contribution in [0.25, 0.3) is 31.3 Å². The van der Waals surface area contributed by atoms with Gasteiger partial charge in [-0.15, -0.1) is 11.3 Å². The lowest BCUT2D eigenvalue weighted by atomic mass is 10.0. The van der Waals surface area contributed by atoms with Gasteiger partial charge in [-0.3, -0.25) is 0 Å². The van der Waals surface area contributed by atoms with E-state index in [1.165, 1.54) is 10.1 Å². The molecule has 0 aliphatic rings. The van der Waals surface area contributed by atoms with Gasteiger partial charge in [0.25, 0.3) is 0 Å². The monoisotopic (exact) mass is 310 g/mol. The van der Waals surface area contributed by atoms with E-state index in [4.69, 9.17) is 11.6 Å². The number of hydrogen-bond acceptors (Lipinski definition) is 2. The van der Waals surface area contributed by atoms with Crippen molar-refractivity contribution < 1.29 is 5.11 Å². The number of para-hydroxylation sites is 1. The summed E-state index contributed by atoms with van der Waals surface area (Å²) in [6.07, 6.45) is 0. The van der Waals surface area contributed by atoms with Crippen molar-refractivity contribution in [2.75, 3.05) is 0 Å². The first-order chi connectivity index (χ1) is 10.3. The predicted octanol–water partition coefficient (Wildman–Crippen LogP) is 6.08. The van der Waals surface area contributed by atoms with Crippen LogP contribution in [0.5, 0.6) is 5.75 Å². The molecule has 0 atom stereocenters. The summed E-state index contributed by atoms with van der Waals surface area (Å²) >= 11 is 8.13. The third-order valence-electron chi connectivity index (χ3n) is 3.67. The Bertz CT molecular complexity index is 971. The molecule has 0 saturated heterocycles. The topological polar surface area (TPSA) is 20.2 Å². The van der Waals surface area contributed by atoms with Crippen LogP contribution in [0.4, 0.5) is 0 Å². The Hall–Kier alpha value is -2.03. The zero-order valence-electron chi connectivity index (χ0n) is 11.0. The first-order valence-corrected chi connectivity index (χ1v) is 7.83. The molecule has 21 heavy (non-hydrogen) atoms. The minimum absolute atomic E-state index is 0.290. The average molecular weight is 311 g/mol. The minimum Gasteiger partial charge on any atom is -0.507 e. The second kappa shape index (κ2) is 4.76. The van der Waals surface area contributed by atoms with E-state index in [0.29, 0.717) is 5.75 Å². The van der Waals surface area contributed by atoms with Crippen LogP contribution in [0.3, 0.4) is 0 Å². The van der Waals surface area contributed by atoms with Crippen LogP contribution >= 0.6 is 22.9 Å². The van der Waals surface area contributed by atoms with Gasteiger partial charge in [0.1, 0.15) is 5.75 Å². The smallest absolute Gasteiger partial charge is 0.123 e. The highest BCUT2D eigenvalue weighted by Crippen LogP contribution is 2.44. The third-order valence-corrected chi connectivity index (χ3v) is 5.19. The predicted molar refractivity (Wildman–Crippen MR) is 91.4 cm³/mol. The van der Waals surface area contributed by atoms with Gasteiger partial charge in [-0.05, 0) is 18.2 Å². The van der Waals surface area contributed by atoms with Crippen molar-refractivity contribution in [1.29, 1.82) is 0 Å². The lowest BCUT2D eigenvalue weighted by molar-refractivity contribution is 0.477. The van der Waals surface area contributed by atoms with E-state index < -0.39 is 0 Å². The maximum absolute atomic E-state index is 10.1. The van der Waals surface area contributed by atoms with Gasteiger partial charge in [0.05, 0.1) is 0 Å². The van der Waals surface area contributed by atoms with E-state index in [0.717, 1.165) is 26.2 Å². The number of aromatic hydroxyl groups is 1. The SMILES string of the molecule is Oc1ccccc1-c1ccc(Cl)c2c1sc1ccccc12. The normalized spacial score (nSPS) is 11.3. The summed E-state index contributed by atoms with van der Waals surface area (Å²) < 4.78 is 2.32. The lowest BCUT2D eigenvalue weighted by Crippen LogP contribution is -1.80. The second-order valence-electron chi connectivity index (χ2n) is 4.91. The second-order valence-corrected chi connectivity index (χ2v) is 6.37. The number of thiophene rings is 1. The van der Waals surface area contributed by atoms with Crippen LogP contribution in [-0.4, -0.2) is 5.11 Å². The Morgan fingerprint density at radius 2 is 1.57 bits per heavy atom. The number of halogens is 1. The molecule has 3 aromatic carbocycles. The van der Waals surface area contributed by atoms with Crippen molar-refractivity contribution >= 4 is 43.1 Å². The van der Waals surface area contributed by atoms with Crippen LogP contribution in [0, 0.1) is 0 Å². The van der Waals surface area contributed by atoms with E-state index >= 15 is 0 Å². The largest absolute Gasteiger partial charge is 0.507 e.